The summed E-state index contributed by atoms with van der Waals surface area (Å²) in [6.07, 6.45) is 3.79. The van der Waals surface area contributed by atoms with E-state index >= 15 is 0 Å². The van der Waals surface area contributed by atoms with Crippen molar-refractivity contribution in [1.29, 1.82) is 0 Å². The summed E-state index contributed by atoms with van der Waals surface area (Å²) in [4.78, 5) is 4.24. The molecule has 1 atom stereocenters. The van der Waals surface area contributed by atoms with E-state index < -0.39 is 0 Å². The van der Waals surface area contributed by atoms with Gasteiger partial charge in [-0.1, -0.05) is 31.2 Å². The lowest BCUT2D eigenvalue weighted by atomic mass is 10.1. The Morgan fingerprint density at radius 3 is 2.94 bits per heavy atom. The largest absolute Gasteiger partial charge is 0.396 e. The van der Waals surface area contributed by atoms with Gasteiger partial charge in [0.15, 0.2) is 0 Å². The molecular weight excluding hydrogens is 212 g/mol. The molecule has 0 aliphatic heterocycles. The maximum atomic E-state index is 8.95. The summed E-state index contributed by atoms with van der Waals surface area (Å²) in [5.41, 5.74) is 1.20. The summed E-state index contributed by atoms with van der Waals surface area (Å²) in [5, 5.41) is 14.7. The standard InChI is InChI=1S/C14H18N2O/c1-11(10-17)6-15-8-13-9-16-7-12-4-2-3-5-14(12)13/h2-5,7,9,11,15,17H,6,8,10H2,1H3. The van der Waals surface area contributed by atoms with Gasteiger partial charge in [0.1, 0.15) is 0 Å². The fourth-order valence-corrected chi connectivity index (χ4v) is 1.84. The Morgan fingerprint density at radius 2 is 2.12 bits per heavy atom. The Morgan fingerprint density at radius 1 is 1.29 bits per heavy atom. The first-order chi connectivity index (χ1) is 8.31. The Balaban J connectivity index is 2.08. The van der Waals surface area contributed by atoms with Gasteiger partial charge in [0.25, 0.3) is 0 Å². The minimum atomic E-state index is 0.223. The molecule has 0 aliphatic rings. The van der Waals surface area contributed by atoms with Crippen LogP contribution < -0.4 is 5.32 Å². The molecular formula is C14H18N2O. The van der Waals surface area contributed by atoms with E-state index in [9.17, 15) is 0 Å². The van der Waals surface area contributed by atoms with E-state index in [0.29, 0.717) is 0 Å². The van der Waals surface area contributed by atoms with Crippen LogP contribution in [0.25, 0.3) is 10.8 Å². The third-order valence-electron chi connectivity index (χ3n) is 2.87. The molecule has 0 amide bonds. The molecule has 1 unspecified atom stereocenters. The summed E-state index contributed by atoms with van der Waals surface area (Å²) in [7, 11) is 0. The Bertz CT molecular complexity index is 479. The second-order valence-electron chi connectivity index (χ2n) is 4.44. The van der Waals surface area contributed by atoms with Crippen LogP contribution in [0.2, 0.25) is 0 Å². The van der Waals surface area contributed by atoms with Crippen LogP contribution in [0, 0.1) is 5.92 Å². The molecule has 0 spiro atoms. The Labute approximate surface area is 102 Å². The van der Waals surface area contributed by atoms with Crippen molar-refractivity contribution in [1.82, 2.24) is 10.3 Å². The smallest absolute Gasteiger partial charge is 0.0468 e. The second-order valence-corrected chi connectivity index (χ2v) is 4.44. The van der Waals surface area contributed by atoms with Gasteiger partial charge in [-0.3, -0.25) is 4.98 Å². The van der Waals surface area contributed by atoms with E-state index in [1.54, 1.807) is 0 Å². The van der Waals surface area contributed by atoms with Crippen molar-refractivity contribution in [3.8, 4) is 0 Å². The fraction of sp³-hybridized carbons (Fsp3) is 0.357. The molecule has 0 saturated heterocycles. The quantitative estimate of drug-likeness (QED) is 0.825. The van der Waals surface area contributed by atoms with Gasteiger partial charge in [0.05, 0.1) is 0 Å². The Hall–Kier alpha value is -1.45. The molecule has 1 heterocycles. The van der Waals surface area contributed by atoms with Crippen LogP contribution in [0.5, 0.6) is 0 Å². The number of nitrogens with zero attached hydrogens (tertiary/aromatic N) is 1. The van der Waals surface area contributed by atoms with Gasteiger partial charge in [-0.15, -0.1) is 0 Å². The molecule has 1 aromatic carbocycles. The van der Waals surface area contributed by atoms with Crippen LogP contribution in [-0.2, 0) is 6.54 Å². The number of pyridine rings is 1. The maximum absolute atomic E-state index is 8.95. The number of hydrogen-bond acceptors (Lipinski definition) is 3. The first-order valence-corrected chi connectivity index (χ1v) is 5.94. The van der Waals surface area contributed by atoms with Crippen LogP contribution >= 0.6 is 0 Å². The number of aliphatic hydroxyl groups excluding tert-OH is 1. The van der Waals surface area contributed by atoms with Crippen molar-refractivity contribution < 1.29 is 5.11 Å². The van der Waals surface area contributed by atoms with Crippen molar-refractivity contribution in [3.63, 3.8) is 0 Å². The van der Waals surface area contributed by atoms with Crippen molar-refractivity contribution in [2.45, 2.75) is 13.5 Å². The van der Waals surface area contributed by atoms with Crippen molar-refractivity contribution in [2.24, 2.45) is 5.92 Å². The van der Waals surface area contributed by atoms with Gasteiger partial charge in [0, 0.05) is 37.5 Å². The molecule has 2 N–H and O–H groups in total. The predicted molar refractivity (Wildman–Crippen MR) is 69.7 cm³/mol. The summed E-state index contributed by atoms with van der Waals surface area (Å²) in [5.74, 6) is 0.290. The summed E-state index contributed by atoms with van der Waals surface area (Å²) >= 11 is 0. The van der Waals surface area contributed by atoms with E-state index in [1.807, 2.05) is 31.5 Å². The van der Waals surface area contributed by atoms with Crippen molar-refractivity contribution in [2.75, 3.05) is 13.2 Å². The highest BCUT2D eigenvalue weighted by Crippen LogP contribution is 2.16. The number of rotatable bonds is 5. The van der Waals surface area contributed by atoms with E-state index in [4.69, 9.17) is 5.11 Å². The number of benzene rings is 1. The summed E-state index contributed by atoms with van der Waals surface area (Å²) < 4.78 is 0. The summed E-state index contributed by atoms with van der Waals surface area (Å²) in [6.45, 7) is 3.85. The molecule has 0 saturated carbocycles. The van der Waals surface area contributed by atoms with E-state index in [2.05, 4.69) is 22.4 Å². The normalized spacial score (nSPS) is 12.8. The number of nitrogens with one attached hydrogen (secondary N) is 1. The summed E-state index contributed by atoms with van der Waals surface area (Å²) in [6, 6.07) is 8.25. The average Bonchev–Trinajstić information content (AvgIpc) is 2.39. The topological polar surface area (TPSA) is 45.1 Å². The van der Waals surface area contributed by atoms with Gasteiger partial charge >= 0.3 is 0 Å². The molecule has 0 bridgehead atoms. The van der Waals surface area contributed by atoms with Crippen LogP contribution in [0.1, 0.15) is 12.5 Å². The molecule has 2 aromatic rings. The highest BCUT2D eigenvalue weighted by atomic mass is 16.3. The van der Waals surface area contributed by atoms with E-state index in [-0.39, 0.29) is 12.5 Å². The van der Waals surface area contributed by atoms with Crippen LogP contribution in [-0.4, -0.2) is 23.2 Å². The van der Waals surface area contributed by atoms with Gasteiger partial charge in [-0.25, -0.2) is 0 Å². The third kappa shape index (κ3) is 3.02. The second kappa shape index (κ2) is 5.75. The molecule has 90 valence electrons. The van der Waals surface area contributed by atoms with E-state index in [0.717, 1.165) is 13.1 Å². The lowest BCUT2D eigenvalue weighted by Gasteiger charge is -2.10. The van der Waals surface area contributed by atoms with Gasteiger partial charge in [0.2, 0.25) is 0 Å². The van der Waals surface area contributed by atoms with Crippen molar-refractivity contribution in [3.05, 3.63) is 42.2 Å². The van der Waals surface area contributed by atoms with Gasteiger partial charge < -0.3 is 10.4 Å². The molecule has 2 rings (SSSR count). The zero-order valence-corrected chi connectivity index (χ0v) is 10.1. The third-order valence-corrected chi connectivity index (χ3v) is 2.87. The predicted octanol–water partition coefficient (Wildman–Crippen LogP) is 1.95. The Kier molecular flexibility index (Phi) is 4.07. The van der Waals surface area contributed by atoms with Crippen molar-refractivity contribution >= 4 is 10.8 Å². The zero-order valence-electron chi connectivity index (χ0n) is 10.1. The highest BCUT2D eigenvalue weighted by Gasteiger charge is 2.02. The molecule has 17 heavy (non-hydrogen) atoms. The highest BCUT2D eigenvalue weighted by molar-refractivity contribution is 5.84. The monoisotopic (exact) mass is 230 g/mol. The molecule has 3 heteroatoms. The van der Waals surface area contributed by atoms with Gasteiger partial charge in [-0.2, -0.15) is 0 Å². The molecule has 1 aromatic heterocycles. The average molecular weight is 230 g/mol. The number of hydrogen-bond donors (Lipinski definition) is 2. The molecule has 0 radical (unpaired) electrons. The number of aromatic nitrogens is 1. The maximum Gasteiger partial charge on any atom is 0.0468 e. The lowest BCUT2D eigenvalue weighted by Crippen LogP contribution is -2.22. The minimum absolute atomic E-state index is 0.223. The van der Waals surface area contributed by atoms with Crippen LogP contribution in [0.3, 0.4) is 0 Å². The van der Waals surface area contributed by atoms with Crippen LogP contribution in [0.15, 0.2) is 36.7 Å². The number of aliphatic hydroxyl groups is 1. The number of fused-ring (bicyclic) bond motifs is 1. The van der Waals surface area contributed by atoms with E-state index in [1.165, 1.54) is 16.3 Å². The molecule has 3 nitrogen and oxygen atoms in total. The molecule has 0 fully saturated rings. The fourth-order valence-electron chi connectivity index (χ4n) is 1.84. The SMILES string of the molecule is CC(CO)CNCc1cncc2ccccc12. The first kappa shape index (κ1) is 12.0. The minimum Gasteiger partial charge on any atom is -0.396 e. The van der Waals surface area contributed by atoms with Crippen LogP contribution in [0.4, 0.5) is 0 Å². The zero-order chi connectivity index (χ0) is 12.1. The van der Waals surface area contributed by atoms with Gasteiger partial charge in [-0.05, 0) is 16.9 Å². The molecule has 0 aliphatic carbocycles. The lowest BCUT2D eigenvalue weighted by molar-refractivity contribution is 0.233. The first-order valence-electron chi connectivity index (χ1n) is 5.94.